The molecule has 1 saturated heterocycles. The van der Waals surface area contributed by atoms with E-state index in [2.05, 4.69) is 30.8 Å². The third-order valence-electron chi connectivity index (χ3n) is 6.43. The Morgan fingerprint density at radius 2 is 1.92 bits per heavy atom. The minimum Gasteiger partial charge on any atom is -0.495 e. The number of urea groups is 1. The zero-order chi connectivity index (χ0) is 26.8. The smallest absolute Gasteiger partial charge is 0.327 e. The van der Waals surface area contributed by atoms with Gasteiger partial charge in [0.25, 0.3) is 0 Å². The van der Waals surface area contributed by atoms with Gasteiger partial charge in [0.1, 0.15) is 51.9 Å². The van der Waals surface area contributed by atoms with E-state index in [9.17, 15) is 4.79 Å². The van der Waals surface area contributed by atoms with E-state index in [4.69, 9.17) is 37.4 Å². The van der Waals surface area contributed by atoms with Crippen LogP contribution in [-0.2, 0) is 0 Å². The summed E-state index contributed by atoms with van der Waals surface area (Å²) in [5.74, 6) is 2.28. The second-order valence-electron chi connectivity index (χ2n) is 8.70. The molecule has 0 unspecified atom stereocenters. The first kappa shape index (κ1) is 26.0. The maximum absolute atomic E-state index is 13.1. The van der Waals surface area contributed by atoms with Gasteiger partial charge >= 0.3 is 6.03 Å². The highest BCUT2D eigenvalue weighted by atomic mass is 35.5. The van der Waals surface area contributed by atoms with E-state index in [1.54, 1.807) is 19.2 Å². The Morgan fingerprint density at radius 3 is 2.66 bits per heavy atom. The summed E-state index contributed by atoms with van der Waals surface area (Å²) in [6.45, 7) is 3.43. The molecule has 1 atom stereocenters. The number of methoxy groups -OCH3 is 2. The monoisotopic (exact) mass is 559 g/mol. The van der Waals surface area contributed by atoms with Crippen molar-refractivity contribution in [1.82, 2.24) is 15.3 Å². The van der Waals surface area contributed by atoms with Crippen molar-refractivity contribution in [3.63, 3.8) is 0 Å². The standard InChI is InChI=1S/C25H27Cl2N7O4/c1-33(25(35)32-24-22(26)18(36-2)9-19(37-3)23(24)27)21-10-20(29-13-30-21)31-14-4-5-16-17(8-14)38-12-15-11-28-6-7-34(15)16/h4-5,8-10,13,15,28H,6-7,11-12H2,1-3H3,(H,32,35)(H,29,30,31)/t15-/m1/s1. The van der Waals surface area contributed by atoms with Gasteiger partial charge in [0.15, 0.2) is 0 Å². The molecule has 13 heteroatoms. The minimum absolute atomic E-state index is 0.145. The maximum Gasteiger partial charge on any atom is 0.327 e. The van der Waals surface area contributed by atoms with E-state index in [0.29, 0.717) is 35.8 Å². The van der Waals surface area contributed by atoms with Crippen LogP contribution in [0.1, 0.15) is 0 Å². The molecule has 200 valence electrons. The Labute approximate surface area is 230 Å². The lowest BCUT2D eigenvalue weighted by atomic mass is 10.1. The number of hydrogen-bond acceptors (Lipinski definition) is 9. The summed E-state index contributed by atoms with van der Waals surface area (Å²) >= 11 is 12.8. The van der Waals surface area contributed by atoms with Gasteiger partial charge in [0.05, 0.1) is 31.6 Å². The number of amides is 2. The highest BCUT2D eigenvalue weighted by Crippen LogP contribution is 2.44. The number of fused-ring (bicyclic) bond motifs is 3. The summed E-state index contributed by atoms with van der Waals surface area (Å²) in [5, 5.41) is 9.67. The van der Waals surface area contributed by atoms with Crippen molar-refractivity contribution in [2.24, 2.45) is 0 Å². The lowest BCUT2D eigenvalue weighted by Gasteiger charge is -2.42. The second-order valence-corrected chi connectivity index (χ2v) is 9.46. The molecule has 2 aliphatic heterocycles. The van der Waals surface area contributed by atoms with Gasteiger partial charge in [0.2, 0.25) is 0 Å². The number of carbonyl (C=O) groups is 1. The number of nitrogens with one attached hydrogen (secondary N) is 3. The van der Waals surface area contributed by atoms with Crippen LogP contribution in [0.25, 0.3) is 0 Å². The molecule has 0 saturated carbocycles. The number of carbonyl (C=O) groups excluding carboxylic acids is 1. The number of ether oxygens (including phenoxy) is 3. The van der Waals surface area contributed by atoms with Gasteiger partial charge in [0, 0.05) is 50.6 Å². The molecule has 2 aliphatic rings. The Balaban J connectivity index is 1.32. The van der Waals surface area contributed by atoms with Gasteiger partial charge in [-0.1, -0.05) is 23.2 Å². The lowest BCUT2D eigenvalue weighted by molar-refractivity contribution is 0.247. The van der Waals surface area contributed by atoms with Crippen LogP contribution in [0.5, 0.6) is 17.2 Å². The average Bonchev–Trinajstić information content (AvgIpc) is 2.95. The van der Waals surface area contributed by atoms with E-state index in [0.717, 1.165) is 36.8 Å². The van der Waals surface area contributed by atoms with Crippen molar-refractivity contribution in [1.29, 1.82) is 0 Å². The van der Waals surface area contributed by atoms with E-state index in [1.165, 1.54) is 25.4 Å². The molecule has 1 aromatic heterocycles. The van der Waals surface area contributed by atoms with Gasteiger partial charge in [-0.15, -0.1) is 0 Å². The molecular formula is C25H27Cl2N7O4. The average molecular weight is 560 g/mol. The zero-order valence-electron chi connectivity index (χ0n) is 21.0. The minimum atomic E-state index is -0.526. The van der Waals surface area contributed by atoms with Gasteiger partial charge in [-0.3, -0.25) is 4.90 Å². The largest absolute Gasteiger partial charge is 0.495 e. The van der Waals surface area contributed by atoms with Crippen molar-refractivity contribution in [3.05, 3.63) is 46.7 Å². The molecule has 5 rings (SSSR count). The van der Waals surface area contributed by atoms with Crippen molar-refractivity contribution < 1.29 is 19.0 Å². The Kier molecular flexibility index (Phi) is 7.50. The van der Waals surface area contributed by atoms with Gasteiger partial charge in [-0.25, -0.2) is 14.8 Å². The second kappa shape index (κ2) is 11.0. The summed E-state index contributed by atoms with van der Waals surface area (Å²) in [5.41, 5.74) is 2.05. The number of rotatable bonds is 6. The van der Waals surface area contributed by atoms with E-state index >= 15 is 0 Å². The Hall–Kier alpha value is -3.67. The van der Waals surface area contributed by atoms with Crippen LogP contribution in [0.2, 0.25) is 10.0 Å². The maximum atomic E-state index is 13.1. The number of halogens is 2. The third kappa shape index (κ3) is 5.04. The molecule has 3 N–H and O–H groups in total. The highest BCUT2D eigenvalue weighted by Gasteiger charge is 2.29. The fourth-order valence-electron chi connectivity index (χ4n) is 4.39. The van der Waals surface area contributed by atoms with Crippen LogP contribution in [0.3, 0.4) is 0 Å². The molecule has 2 amide bonds. The molecule has 11 nitrogen and oxygen atoms in total. The molecule has 0 bridgehead atoms. The normalized spacial score (nSPS) is 16.0. The number of anilines is 5. The predicted octanol–water partition coefficient (Wildman–Crippen LogP) is 4.38. The summed E-state index contributed by atoms with van der Waals surface area (Å²) in [4.78, 5) is 25.3. The number of nitrogens with zero attached hydrogens (tertiary/aromatic N) is 4. The van der Waals surface area contributed by atoms with Crippen LogP contribution in [-0.4, -0.2) is 69.5 Å². The van der Waals surface area contributed by atoms with Crippen LogP contribution >= 0.6 is 23.2 Å². The van der Waals surface area contributed by atoms with Gasteiger partial charge < -0.3 is 35.1 Å². The van der Waals surface area contributed by atoms with Gasteiger partial charge in [-0.2, -0.15) is 0 Å². The number of aromatic nitrogens is 2. The molecular weight excluding hydrogens is 533 g/mol. The molecule has 0 radical (unpaired) electrons. The van der Waals surface area contributed by atoms with Crippen LogP contribution in [0.4, 0.5) is 33.5 Å². The first-order valence-electron chi connectivity index (χ1n) is 11.9. The van der Waals surface area contributed by atoms with Crippen molar-refractivity contribution >= 4 is 57.9 Å². The number of piperazine rings is 1. The summed E-state index contributed by atoms with van der Waals surface area (Å²) in [6, 6.07) is 8.98. The molecule has 38 heavy (non-hydrogen) atoms. The summed E-state index contributed by atoms with van der Waals surface area (Å²) in [6.07, 6.45) is 1.37. The number of benzene rings is 2. The predicted molar refractivity (Wildman–Crippen MR) is 148 cm³/mol. The van der Waals surface area contributed by atoms with Crippen molar-refractivity contribution in [3.8, 4) is 17.2 Å². The molecule has 0 aliphatic carbocycles. The zero-order valence-corrected chi connectivity index (χ0v) is 22.6. The third-order valence-corrected chi connectivity index (χ3v) is 7.18. The quantitative estimate of drug-likeness (QED) is 0.404. The van der Waals surface area contributed by atoms with E-state index < -0.39 is 6.03 Å². The van der Waals surface area contributed by atoms with Gasteiger partial charge in [-0.05, 0) is 12.1 Å². The summed E-state index contributed by atoms with van der Waals surface area (Å²) in [7, 11) is 4.48. The van der Waals surface area contributed by atoms with Crippen LogP contribution in [0.15, 0.2) is 36.7 Å². The topological polar surface area (TPSA) is 113 Å². The fourth-order valence-corrected chi connectivity index (χ4v) is 4.99. The molecule has 0 spiro atoms. The van der Waals surface area contributed by atoms with E-state index in [-0.39, 0.29) is 15.7 Å². The highest BCUT2D eigenvalue weighted by molar-refractivity contribution is 6.41. The van der Waals surface area contributed by atoms with Crippen molar-refractivity contribution in [2.75, 3.05) is 67.9 Å². The van der Waals surface area contributed by atoms with Crippen LogP contribution in [0, 0.1) is 0 Å². The number of hydrogen-bond donors (Lipinski definition) is 3. The molecule has 2 aromatic carbocycles. The molecule has 3 aromatic rings. The van der Waals surface area contributed by atoms with E-state index in [1.807, 2.05) is 18.2 Å². The molecule has 3 heterocycles. The SMILES string of the molecule is COc1cc(OC)c(Cl)c(NC(=O)N(C)c2cc(Nc3ccc4c(c3)OC[C@H]3CNCCN43)ncn2)c1Cl. The van der Waals surface area contributed by atoms with Crippen molar-refractivity contribution in [2.45, 2.75) is 6.04 Å². The fraction of sp³-hybridized carbons (Fsp3) is 0.320. The Bertz CT molecular complexity index is 1330. The lowest BCUT2D eigenvalue weighted by Crippen LogP contribution is -2.55. The van der Waals surface area contributed by atoms with Crippen LogP contribution < -0.4 is 40.0 Å². The summed E-state index contributed by atoms with van der Waals surface area (Å²) < 4.78 is 16.5. The first-order chi connectivity index (χ1) is 18.4. The first-order valence-corrected chi connectivity index (χ1v) is 12.6. The Morgan fingerprint density at radius 1 is 1.16 bits per heavy atom. The molecule has 1 fully saturated rings.